The summed E-state index contributed by atoms with van der Waals surface area (Å²) in [7, 11) is -4.27. The van der Waals surface area contributed by atoms with Crippen LogP contribution in [-0.2, 0) is 24.3 Å². The van der Waals surface area contributed by atoms with Crippen LogP contribution in [0.5, 0.6) is 5.88 Å². The van der Waals surface area contributed by atoms with Crippen molar-refractivity contribution in [1.29, 1.82) is 0 Å². The van der Waals surface area contributed by atoms with E-state index in [9.17, 15) is 13.2 Å². The SMILES string of the molecule is CC(C)(C)OC(=O)CN(c1ccc2c(ccn2-c2ccc(OC3CCOCC3)nn2)c1)S(=O)(=O)c1cc(Cl)cc(Cl)c1. The summed E-state index contributed by atoms with van der Waals surface area (Å²) in [4.78, 5) is 12.7. The van der Waals surface area contributed by atoms with Crippen LogP contribution in [0, 0.1) is 0 Å². The van der Waals surface area contributed by atoms with E-state index in [1.807, 2.05) is 10.6 Å². The van der Waals surface area contributed by atoms with Crippen molar-refractivity contribution in [2.24, 2.45) is 0 Å². The zero-order valence-electron chi connectivity index (χ0n) is 23.3. The minimum Gasteiger partial charge on any atom is -0.473 e. The molecule has 0 aliphatic carbocycles. The van der Waals surface area contributed by atoms with Crippen LogP contribution in [0.1, 0.15) is 33.6 Å². The molecule has 2 aromatic heterocycles. The van der Waals surface area contributed by atoms with Gasteiger partial charge in [-0.3, -0.25) is 13.7 Å². The number of benzene rings is 2. The van der Waals surface area contributed by atoms with E-state index in [2.05, 4.69) is 10.2 Å². The van der Waals surface area contributed by atoms with Gasteiger partial charge >= 0.3 is 5.97 Å². The number of carbonyl (C=O) groups is 1. The largest absolute Gasteiger partial charge is 0.473 e. The van der Waals surface area contributed by atoms with Gasteiger partial charge in [-0.1, -0.05) is 23.2 Å². The molecular weight excluding hydrogens is 603 g/mol. The highest BCUT2D eigenvalue weighted by atomic mass is 35.5. The molecule has 42 heavy (non-hydrogen) atoms. The first-order valence-electron chi connectivity index (χ1n) is 13.3. The summed E-state index contributed by atoms with van der Waals surface area (Å²) in [5.74, 6) is 0.285. The van der Waals surface area contributed by atoms with Crippen LogP contribution in [0.2, 0.25) is 10.0 Å². The summed E-state index contributed by atoms with van der Waals surface area (Å²) in [5.41, 5.74) is 0.208. The molecule has 0 unspecified atom stereocenters. The predicted octanol–water partition coefficient (Wildman–Crippen LogP) is 5.82. The molecule has 1 aliphatic heterocycles. The second-order valence-corrected chi connectivity index (χ2v) is 13.5. The molecular formula is C29H30Cl2N4O6S. The lowest BCUT2D eigenvalue weighted by atomic mass is 10.2. The van der Waals surface area contributed by atoms with E-state index >= 15 is 0 Å². The van der Waals surface area contributed by atoms with Gasteiger partial charge in [-0.25, -0.2) is 8.42 Å². The molecule has 0 radical (unpaired) electrons. The number of nitrogens with zero attached hydrogens (tertiary/aromatic N) is 4. The number of carbonyl (C=O) groups excluding carboxylic acids is 1. The maximum atomic E-state index is 13.8. The van der Waals surface area contributed by atoms with Gasteiger partial charge in [-0.05, 0) is 69.3 Å². The standard InChI is InChI=1S/C29H30Cl2N4O6S/c1-29(2,3)41-28(36)18-35(42(37,38)24-16-20(30)15-21(31)17-24)22-4-5-25-19(14-22)8-11-34(25)26-6-7-27(33-32-26)40-23-9-12-39-13-10-23/h4-8,11,14-17,23H,9-10,12-13,18H2,1-3H3. The fraction of sp³-hybridized carbons (Fsp3) is 0.345. The molecule has 1 fully saturated rings. The zero-order chi connectivity index (χ0) is 30.1. The first-order valence-corrected chi connectivity index (χ1v) is 15.5. The fourth-order valence-corrected chi connectivity index (χ4v) is 6.69. The van der Waals surface area contributed by atoms with Crippen molar-refractivity contribution in [2.45, 2.75) is 50.2 Å². The Morgan fingerprint density at radius 2 is 1.74 bits per heavy atom. The molecule has 13 heteroatoms. The van der Waals surface area contributed by atoms with E-state index in [1.165, 1.54) is 18.2 Å². The van der Waals surface area contributed by atoms with Gasteiger partial charge in [0.25, 0.3) is 10.0 Å². The molecule has 222 valence electrons. The lowest BCUT2D eigenvalue weighted by Crippen LogP contribution is -2.39. The maximum absolute atomic E-state index is 13.8. The quantitative estimate of drug-likeness (QED) is 0.223. The number of anilines is 1. The Morgan fingerprint density at radius 3 is 2.38 bits per heavy atom. The van der Waals surface area contributed by atoms with Gasteiger partial charge in [0.2, 0.25) is 5.88 Å². The fourth-order valence-electron chi connectivity index (χ4n) is 4.56. The monoisotopic (exact) mass is 632 g/mol. The van der Waals surface area contributed by atoms with Crippen molar-refractivity contribution < 1.29 is 27.4 Å². The van der Waals surface area contributed by atoms with E-state index < -0.39 is 28.1 Å². The first kappa shape index (κ1) is 30.1. The number of esters is 1. The van der Waals surface area contributed by atoms with Crippen LogP contribution in [0.3, 0.4) is 0 Å². The van der Waals surface area contributed by atoms with E-state index in [0.717, 1.165) is 22.7 Å². The van der Waals surface area contributed by atoms with Crippen molar-refractivity contribution in [2.75, 3.05) is 24.1 Å². The minimum atomic E-state index is -4.27. The predicted molar refractivity (Wildman–Crippen MR) is 160 cm³/mol. The molecule has 0 bridgehead atoms. The number of hydrogen-bond donors (Lipinski definition) is 0. The van der Waals surface area contributed by atoms with Crippen molar-refractivity contribution in [3.8, 4) is 11.7 Å². The Kier molecular flexibility index (Phi) is 8.66. The van der Waals surface area contributed by atoms with Crippen LogP contribution >= 0.6 is 23.2 Å². The van der Waals surface area contributed by atoms with Gasteiger partial charge in [0.05, 0.1) is 29.3 Å². The van der Waals surface area contributed by atoms with E-state index in [1.54, 1.807) is 57.3 Å². The van der Waals surface area contributed by atoms with Crippen molar-refractivity contribution in [1.82, 2.24) is 14.8 Å². The second-order valence-electron chi connectivity index (χ2n) is 10.8. The van der Waals surface area contributed by atoms with Crippen LogP contribution in [0.25, 0.3) is 16.7 Å². The number of rotatable bonds is 8. The zero-order valence-corrected chi connectivity index (χ0v) is 25.6. The molecule has 1 aliphatic rings. The third-order valence-electron chi connectivity index (χ3n) is 6.41. The van der Waals surface area contributed by atoms with Crippen LogP contribution in [-0.4, -0.2) is 60.6 Å². The minimum absolute atomic E-state index is 0.0487. The number of aromatic nitrogens is 3. The topological polar surface area (TPSA) is 113 Å². The van der Waals surface area contributed by atoms with Gasteiger partial charge in [-0.2, -0.15) is 0 Å². The molecule has 0 saturated carbocycles. The van der Waals surface area contributed by atoms with E-state index in [4.69, 9.17) is 37.4 Å². The molecule has 10 nitrogen and oxygen atoms in total. The summed E-state index contributed by atoms with van der Waals surface area (Å²) in [6.45, 7) is 5.90. The van der Waals surface area contributed by atoms with Gasteiger partial charge in [0.15, 0.2) is 5.82 Å². The highest BCUT2D eigenvalue weighted by Crippen LogP contribution is 2.31. The van der Waals surface area contributed by atoms with Crippen LogP contribution in [0.15, 0.2) is 65.7 Å². The summed E-state index contributed by atoms with van der Waals surface area (Å²) in [6, 6.07) is 14.4. The molecule has 3 heterocycles. The normalized spacial score (nSPS) is 14.6. The maximum Gasteiger partial charge on any atom is 0.327 e. The second kappa shape index (κ2) is 12.1. The summed E-state index contributed by atoms with van der Waals surface area (Å²) >= 11 is 12.2. The van der Waals surface area contributed by atoms with Gasteiger partial charge in [0, 0.05) is 40.5 Å². The van der Waals surface area contributed by atoms with Crippen LogP contribution in [0.4, 0.5) is 5.69 Å². The van der Waals surface area contributed by atoms with Crippen molar-refractivity contribution >= 4 is 55.8 Å². The Labute approximate surface area is 254 Å². The smallest absolute Gasteiger partial charge is 0.327 e. The van der Waals surface area contributed by atoms with Crippen LogP contribution < -0.4 is 9.04 Å². The number of sulfonamides is 1. The Bertz CT molecular complexity index is 1680. The van der Waals surface area contributed by atoms with Gasteiger partial charge in [-0.15, -0.1) is 10.2 Å². The number of hydrogen-bond acceptors (Lipinski definition) is 8. The summed E-state index contributed by atoms with van der Waals surface area (Å²) < 4.78 is 47.2. The van der Waals surface area contributed by atoms with Gasteiger partial charge < -0.3 is 14.2 Å². The third kappa shape index (κ3) is 6.97. The lowest BCUT2D eigenvalue weighted by molar-refractivity contribution is -0.152. The first-order chi connectivity index (χ1) is 19.9. The average Bonchev–Trinajstić information content (AvgIpc) is 3.34. The van der Waals surface area contributed by atoms with Crippen molar-refractivity contribution in [3.05, 3.63) is 70.8 Å². The molecule has 5 rings (SSSR count). The Hall–Kier alpha value is -3.38. The highest BCUT2D eigenvalue weighted by Gasteiger charge is 2.30. The Balaban J connectivity index is 1.46. The molecule has 0 atom stereocenters. The lowest BCUT2D eigenvalue weighted by Gasteiger charge is -2.26. The summed E-state index contributed by atoms with van der Waals surface area (Å²) in [5, 5.41) is 9.57. The molecule has 0 spiro atoms. The van der Waals surface area contributed by atoms with Crippen molar-refractivity contribution in [3.63, 3.8) is 0 Å². The third-order valence-corrected chi connectivity index (χ3v) is 8.60. The van der Waals surface area contributed by atoms with Gasteiger partial charge in [0.1, 0.15) is 18.2 Å². The molecule has 0 amide bonds. The Morgan fingerprint density at radius 1 is 1.02 bits per heavy atom. The molecule has 2 aromatic carbocycles. The summed E-state index contributed by atoms with van der Waals surface area (Å²) in [6.07, 6.45) is 3.46. The number of ether oxygens (including phenoxy) is 3. The molecule has 4 aromatic rings. The molecule has 1 saturated heterocycles. The van der Waals surface area contributed by atoms with E-state index in [0.29, 0.717) is 30.3 Å². The average molecular weight is 634 g/mol. The highest BCUT2D eigenvalue weighted by molar-refractivity contribution is 7.92. The molecule has 0 N–H and O–H groups in total. The van der Waals surface area contributed by atoms with E-state index in [-0.39, 0.29) is 26.7 Å². The number of fused-ring (bicyclic) bond motifs is 1. The number of halogens is 2.